The fourth-order valence-electron chi connectivity index (χ4n) is 3.96. The van der Waals surface area contributed by atoms with Crippen molar-refractivity contribution in [3.05, 3.63) is 18.0 Å². The molecule has 0 aromatic carbocycles. The van der Waals surface area contributed by atoms with Gasteiger partial charge in [0.25, 0.3) is 11.8 Å². The number of ether oxygens (including phenoxy) is 1. The lowest BCUT2D eigenvalue weighted by atomic mass is 9.91. The van der Waals surface area contributed by atoms with Gasteiger partial charge >= 0.3 is 0 Å². The Balaban J connectivity index is 1.38. The largest absolute Gasteiger partial charge is 0.363 e. The Morgan fingerprint density at radius 1 is 1.22 bits per heavy atom. The second-order valence-corrected chi connectivity index (χ2v) is 6.70. The fourth-order valence-corrected chi connectivity index (χ4v) is 3.96. The molecule has 3 aliphatic rings. The molecule has 0 unspecified atom stereocenters. The average molecular weight is 318 g/mol. The predicted molar refractivity (Wildman–Crippen MR) is 81.7 cm³/mol. The van der Waals surface area contributed by atoms with Crippen molar-refractivity contribution < 1.29 is 14.3 Å². The van der Waals surface area contributed by atoms with Gasteiger partial charge in [0.05, 0.1) is 6.10 Å². The maximum absolute atomic E-state index is 12.5. The minimum atomic E-state index is -0.315. The third-order valence-corrected chi connectivity index (χ3v) is 5.26. The van der Waals surface area contributed by atoms with Crippen LogP contribution in [0.4, 0.5) is 0 Å². The number of likely N-dealkylation sites (tertiary alicyclic amines) is 2. The van der Waals surface area contributed by atoms with Gasteiger partial charge in [0, 0.05) is 32.4 Å². The van der Waals surface area contributed by atoms with E-state index in [4.69, 9.17) is 4.74 Å². The molecule has 23 heavy (non-hydrogen) atoms. The van der Waals surface area contributed by atoms with E-state index in [1.807, 2.05) is 4.90 Å². The summed E-state index contributed by atoms with van der Waals surface area (Å²) in [5, 5.41) is 6.55. The average Bonchev–Trinajstić information content (AvgIpc) is 3.33. The summed E-state index contributed by atoms with van der Waals surface area (Å²) in [7, 11) is 0. The maximum atomic E-state index is 12.5. The smallest absolute Gasteiger partial charge is 0.271 e. The summed E-state index contributed by atoms with van der Waals surface area (Å²) in [6.45, 7) is 3.00. The molecule has 4 heterocycles. The molecule has 3 fully saturated rings. The number of fused-ring (bicyclic) bond motifs is 1. The van der Waals surface area contributed by atoms with Gasteiger partial charge in [-0.25, -0.2) is 0 Å². The number of nitrogens with one attached hydrogen (secondary N) is 1. The topological polar surface area (TPSA) is 78.5 Å². The van der Waals surface area contributed by atoms with Crippen molar-refractivity contribution in [2.75, 3.05) is 26.2 Å². The highest BCUT2D eigenvalue weighted by Crippen LogP contribution is 2.34. The van der Waals surface area contributed by atoms with Crippen LogP contribution in [0.2, 0.25) is 0 Å². The fraction of sp³-hybridized carbons (Fsp3) is 0.688. The van der Waals surface area contributed by atoms with Crippen LogP contribution in [0.15, 0.2) is 12.3 Å². The summed E-state index contributed by atoms with van der Waals surface area (Å²) >= 11 is 0. The molecule has 0 bridgehead atoms. The zero-order chi connectivity index (χ0) is 15.8. The summed E-state index contributed by atoms with van der Waals surface area (Å²) in [4.78, 5) is 28.6. The third kappa shape index (κ3) is 2.73. The number of aromatic amines is 1. The lowest BCUT2D eigenvalue weighted by molar-refractivity contribution is -0.142. The zero-order valence-electron chi connectivity index (χ0n) is 13.1. The zero-order valence-corrected chi connectivity index (χ0v) is 13.1. The van der Waals surface area contributed by atoms with Crippen molar-refractivity contribution in [2.45, 2.75) is 37.9 Å². The highest BCUT2D eigenvalue weighted by molar-refractivity contribution is 5.92. The number of carbonyl (C=O) groups excluding carboxylic acids is 2. The Kier molecular flexibility index (Phi) is 3.80. The van der Waals surface area contributed by atoms with Crippen LogP contribution in [0.1, 0.15) is 36.2 Å². The van der Waals surface area contributed by atoms with Gasteiger partial charge in [-0.1, -0.05) is 0 Å². The van der Waals surface area contributed by atoms with E-state index in [-0.39, 0.29) is 24.0 Å². The van der Waals surface area contributed by atoms with E-state index >= 15 is 0 Å². The van der Waals surface area contributed by atoms with Gasteiger partial charge in [0.2, 0.25) is 0 Å². The normalized spacial score (nSPS) is 30.5. The molecular formula is C16H22N4O3. The first-order valence-corrected chi connectivity index (χ1v) is 8.45. The first kappa shape index (κ1) is 14.7. The summed E-state index contributed by atoms with van der Waals surface area (Å²) < 4.78 is 6.03. The summed E-state index contributed by atoms with van der Waals surface area (Å²) in [6, 6.07) is 1.68. The van der Waals surface area contributed by atoms with Crippen molar-refractivity contribution in [3.63, 3.8) is 0 Å². The number of nitrogens with zero attached hydrogens (tertiary/aromatic N) is 3. The second kappa shape index (κ2) is 5.96. The highest BCUT2D eigenvalue weighted by Gasteiger charge is 2.44. The highest BCUT2D eigenvalue weighted by atomic mass is 16.5. The molecule has 7 heteroatoms. The molecule has 1 N–H and O–H groups in total. The molecule has 4 rings (SSSR count). The van der Waals surface area contributed by atoms with E-state index in [1.54, 1.807) is 17.2 Å². The van der Waals surface area contributed by atoms with Gasteiger partial charge in [-0.2, -0.15) is 5.10 Å². The van der Waals surface area contributed by atoms with E-state index < -0.39 is 0 Å². The molecule has 0 radical (unpaired) electrons. The Morgan fingerprint density at radius 2 is 2.04 bits per heavy atom. The van der Waals surface area contributed by atoms with E-state index in [0.717, 1.165) is 38.8 Å². The SMILES string of the molecule is O=C(c1ccn[nH]1)N1CC[C@H]2C[C@H](C(=O)N3CCCC3)O[C@@H]2C1. The van der Waals surface area contributed by atoms with Crippen LogP contribution in [0, 0.1) is 5.92 Å². The van der Waals surface area contributed by atoms with Crippen LogP contribution in [-0.4, -0.2) is 70.2 Å². The van der Waals surface area contributed by atoms with Crippen LogP contribution in [0.5, 0.6) is 0 Å². The molecule has 3 saturated heterocycles. The van der Waals surface area contributed by atoms with Crippen LogP contribution in [0.3, 0.4) is 0 Å². The van der Waals surface area contributed by atoms with Gasteiger partial charge < -0.3 is 14.5 Å². The number of carbonyl (C=O) groups is 2. The summed E-state index contributed by atoms with van der Waals surface area (Å²) in [6.07, 6.45) is 5.13. The van der Waals surface area contributed by atoms with E-state index in [1.165, 1.54) is 0 Å². The molecule has 7 nitrogen and oxygen atoms in total. The Labute approximate surface area is 135 Å². The monoisotopic (exact) mass is 318 g/mol. The molecule has 0 spiro atoms. The Hall–Kier alpha value is -1.89. The number of piperidine rings is 1. The van der Waals surface area contributed by atoms with Crippen molar-refractivity contribution in [3.8, 4) is 0 Å². The first-order valence-electron chi connectivity index (χ1n) is 8.45. The van der Waals surface area contributed by atoms with Crippen LogP contribution in [-0.2, 0) is 9.53 Å². The van der Waals surface area contributed by atoms with Crippen LogP contribution >= 0.6 is 0 Å². The lowest BCUT2D eigenvalue weighted by Crippen LogP contribution is -2.45. The molecular weight excluding hydrogens is 296 g/mol. The molecule has 1 aromatic rings. The summed E-state index contributed by atoms with van der Waals surface area (Å²) in [5.74, 6) is 0.486. The molecule has 0 aliphatic carbocycles. The van der Waals surface area contributed by atoms with Crippen molar-refractivity contribution in [1.29, 1.82) is 0 Å². The maximum Gasteiger partial charge on any atom is 0.271 e. The predicted octanol–water partition coefficient (Wildman–Crippen LogP) is 0.652. The van der Waals surface area contributed by atoms with Gasteiger partial charge in [-0.15, -0.1) is 0 Å². The van der Waals surface area contributed by atoms with Crippen molar-refractivity contribution >= 4 is 11.8 Å². The quantitative estimate of drug-likeness (QED) is 0.868. The molecule has 124 valence electrons. The molecule has 0 saturated carbocycles. The van der Waals surface area contributed by atoms with E-state index in [9.17, 15) is 9.59 Å². The lowest BCUT2D eigenvalue weighted by Gasteiger charge is -2.33. The third-order valence-electron chi connectivity index (χ3n) is 5.26. The minimum absolute atomic E-state index is 0.0211. The van der Waals surface area contributed by atoms with Gasteiger partial charge in [-0.3, -0.25) is 14.7 Å². The minimum Gasteiger partial charge on any atom is -0.363 e. The Bertz CT molecular complexity index is 582. The second-order valence-electron chi connectivity index (χ2n) is 6.70. The van der Waals surface area contributed by atoms with E-state index in [0.29, 0.717) is 24.7 Å². The first-order chi connectivity index (χ1) is 11.2. The van der Waals surface area contributed by atoms with E-state index in [2.05, 4.69) is 10.2 Å². The molecule has 3 aliphatic heterocycles. The van der Waals surface area contributed by atoms with Crippen LogP contribution in [0.25, 0.3) is 0 Å². The standard InChI is InChI=1S/C16H22N4O3/c21-15(12-3-5-17-18-12)20-8-4-11-9-13(23-14(11)10-20)16(22)19-6-1-2-7-19/h3,5,11,13-14H,1-2,4,6-10H2,(H,17,18)/t11-,13+,14+/m0/s1. The number of hydrogen-bond acceptors (Lipinski definition) is 4. The van der Waals surface area contributed by atoms with Gasteiger partial charge in [-0.05, 0) is 37.7 Å². The molecule has 1 aromatic heterocycles. The number of H-pyrrole nitrogens is 1. The summed E-state index contributed by atoms with van der Waals surface area (Å²) in [5.41, 5.74) is 0.506. The number of rotatable bonds is 2. The number of hydrogen-bond donors (Lipinski definition) is 1. The molecule has 3 atom stereocenters. The molecule has 2 amide bonds. The van der Waals surface area contributed by atoms with Gasteiger partial charge in [0.1, 0.15) is 11.8 Å². The number of aromatic nitrogens is 2. The van der Waals surface area contributed by atoms with Crippen LogP contribution < -0.4 is 0 Å². The number of amides is 2. The van der Waals surface area contributed by atoms with Crippen molar-refractivity contribution in [2.24, 2.45) is 5.92 Å². The Morgan fingerprint density at radius 3 is 2.78 bits per heavy atom. The van der Waals surface area contributed by atoms with Crippen molar-refractivity contribution in [1.82, 2.24) is 20.0 Å². The van der Waals surface area contributed by atoms with Gasteiger partial charge in [0.15, 0.2) is 0 Å².